The molecule has 3 aromatic rings. The molecule has 24 heavy (non-hydrogen) atoms. The second-order valence-corrected chi connectivity index (χ2v) is 6.70. The highest BCUT2D eigenvalue weighted by molar-refractivity contribution is 6.30. The van der Waals surface area contributed by atoms with E-state index in [2.05, 4.69) is 28.3 Å². The van der Waals surface area contributed by atoms with E-state index in [-0.39, 0.29) is 0 Å². The molecule has 0 amide bonds. The summed E-state index contributed by atoms with van der Waals surface area (Å²) in [7, 11) is 1.65. The molecule has 3 heterocycles. The number of methoxy groups -OCH3 is 1. The molecule has 0 spiro atoms. The van der Waals surface area contributed by atoms with E-state index in [1.807, 2.05) is 9.25 Å². The van der Waals surface area contributed by atoms with Crippen molar-refractivity contribution in [2.24, 2.45) is 0 Å². The van der Waals surface area contributed by atoms with E-state index in [4.69, 9.17) is 21.3 Å². The molecule has 7 heteroatoms. The third-order valence-corrected chi connectivity index (χ3v) is 4.99. The van der Waals surface area contributed by atoms with Gasteiger partial charge in [0.15, 0.2) is 16.8 Å². The van der Waals surface area contributed by atoms with Crippen LogP contribution in [0.5, 0.6) is 0 Å². The molecule has 0 atom stereocenters. The van der Waals surface area contributed by atoms with Crippen molar-refractivity contribution in [2.45, 2.75) is 31.9 Å². The summed E-state index contributed by atoms with van der Waals surface area (Å²) in [6, 6.07) is 6.59. The summed E-state index contributed by atoms with van der Waals surface area (Å²) in [5.74, 6) is 2.22. The van der Waals surface area contributed by atoms with Gasteiger partial charge in [0.2, 0.25) is 0 Å². The van der Waals surface area contributed by atoms with E-state index in [0.29, 0.717) is 30.0 Å². The van der Waals surface area contributed by atoms with Crippen LogP contribution in [0.25, 0.3) is 17.1 Å². The number of nitrogens with zero attached hydrogens (tertiary/aromatic N) is 5. The molecule has 5 rings (SSSR count). The Morgan fingerprint density at radius 2 is 2.21 bits per heavy atom. The fraction of sp³-hybridized carbons (Fsp3) is 0.353. The molecule has 0 unspecified atom stereocenters. The summed E-state index contributed by atoms with van der Waals surface area (Å²) in [6.45, 7) is 0.933. The molecule has 122 valence electrons. The van der Waals surface area contributed by atoms with E-state index < -0.39 is 0 Å². The molecule has 1 aliphatic heterocycles. The fourth-order valence-corrected chi connectivity index (χ4v) is 3.54. The summed E-state index contributed by atoms with van der Waals surface area (Å²) in [4.78, 5) is 8.97. The van der Waals surface area contributed by atoms with Crippen molar-refractivity contribution in [1.29, 1.82) is 0 Å². The lowest BCUT2D eigenvalue weighted by Crippen LogP contribution is -2.05. The van der Waals surface area contributed by atoms with Crippen LogP contribution >= 0.6 is 11.6 Å². The van der Waals surface area contributed by atoms with Crippen LogP contribution in [0, 0.1) is 0 Å². The number of benzene rings is 1. The van der Waals surface area contributed by atoms with Gasteiger partial charge in [-0.1, -0.05) is 17.7 Å². The highest BCUT2D eigenvalue weighted by Gasteiger charge is 2.28. The number of hydrogen-bond acceptors (Lipinski definition) is 4. The number of ether oxygens (including phenoxy) is 1. The molecule has 2 aliphatic rings. The van der Waals surface area contributed by atoms with Crippen molar-refractivity contribution < 1.29 is 4.74 Å². The van der Waals surface area contributed by atoms with Gasteiger partial charge in [-0.2, -0.15) is 5.10 Å². The summed E-state index contributed by atoms with van der Waals surface area (Å²) >= 11 is 6.30. The zero-order valence-electron chi connectivity index (χ0n) is 13.2. The molecule has 0 saturated heterocycles. The van der Waals surface area contributed by atoms with Gasteiger partial charge in [0, 0.05) is 12.7 Å². The Labute approximate surface area is 144 Å². The first-order valence-corrected chi connectivity index (χ1v) is 8.41. The monoisotopic (exact) mass is 341 g/mol. The first-order valence-electron chi connectivity index (χ1n) is 8.03. The molecule has 0 N–H and O–H groups in total. The zero-order chi connectivity index (χ0) is 16.3. The second kappa shape index (κ2) is 5.16. The van der Waals surface area contributed by atoms with E-state index in [9.17, 15) is 0 Å². The minimum atomic E-state index is 0.393. The molecular formula is C17H16ClN5O. The Balaban J connectivity index is 1.76. The fourth-order valence-electron chi connectivity index (χ4n) is 3.35. The average Bonchev–Trinajstić information content (AvgIpc) is 3.29. The predicted molar refractivity (Wildman–Crippen MR) is 89.4 cm³/mol. The molecule has 2 aromatic heterocycles. The molecule has 1 aromatic carbocycles. The third-order valence-electron chi connectivity index (χ3n) is 4.67. The number of rotatable bonds is 3. The second-order valence-electron chi connectivity index (χ2n) is 6.35. The quantitative estimate of drug-likeness (QED) is 0.574. The van der Waals surface area contributed by atoms with Crippen molar-refractivity contribution in [3.05, 3.63) is 46.8 Å². The van der Waals surface area contributed by atoms with Crippen molar-refractivity contribution >= 4 is 11.6 Å². The molecule has 1 aliphatic carbocycles. The summed E-state index contributed by atoms with van der Waals surface area (Å²) < 4.78 is 9.13. The van der Waals surface area contributed by atoms with Crippen LogP contribution in [0.1, 0.15) is 35.8 Å². The lowest BCUT2D eigenvalue weighted by atomic mass is 10.0. The maximum absolute atomic E-state index is 6.30. The van der Waals surface area contributed by atoms with Crippen molar-refractivity contribution in [3.63, 3.8) is 0 Å². The Kier molecular flexibility index (Phi) is 3.05. The Hall–Kier alpha value is -2.18. The first-order chi connectivity index (χ1) is 11.7. The first kappa shape index (κ1) is 14.2. The molecule has 1 saturated carbocycles. The number of imidazole rings is 1. The number of aromatic nitrogens is 5. The number of hydrogen-bond donors (Lipinski definition) is 0. The van der Waals surface area contributed by atoms with Gasteiger partial charge in [0.25, 0.3) is 0 Å². The van der Waals surface area contributed by atoms with Crippen LogP contribution in [-0.2, 0) is 17.9 Å². The van der Waals surface area contributed by atoms with Crippen LogP contribution < -0.4 is 0 Å². The van der Waals surface area contributed by atoms with Crippen LogP contribution in [0.4, 0.5) is 0 Å². The van der Waals surface area contributed by atoms with Crippen molar-refractivity contribution in [2.75, 3.05) is 7.11 Å². The maximum Gasteiger partial charge on any atom is 0.176 e. The molecule has 0 radical (unpaired) electrons. The lowest BCUT2D eigenvalue weighted by molar-refractivity contribution is 0.177. The standard InChI is InChI=1S/C17H16ClN5O/c1-24-8-15-20-17-12-6-11(10-2-3-10)4-5-13(12)22-9-19-16(18)14(22)7-23(17)21-15/h4-6,9-10H,2-3,7-8H2,1H3. The van der Waals surface area contributed by atoms with Gasteiger partial charge in [-0.25, -0.2) is 14.6 Å². The van der Waals surface area contributed by atoms with Gasteiger partial charge in [-0.3, -0.25) is 4.57 Å². The topological polar surface area (TPSA) is 57.8 Å². The Morgan fingerprint density at radius 3 is 3.00 bits per heavy atom. The third kappa shape index (κ3) is 2.10. The summed E-state index contributed by atoms with van der Waals surface area (Å²) in [5.41, 5.74) is 4.40. The lowest BCUT2D eigenvalue weighted by Gasteiger charge is -2.10. The number of fused-ring (bicyclic) bond motifs is 5. The largest absolute Gasteiger partial charge is 0.377 e. The smallest absolute Gasteiger partial charge is 0.176 e. The van der Waals surface area contributed by atoms with Gasteiger partial charge in [0.05, 0.1) is 17.9 Å². The summed E-state index contributed by atoms with van der Waals surface area (Å²) in [5, 5.41) is 5.09. The predicted octanol–water partition coefficient (Wildman–Crippen LogP) is 3.17. The van der Waals surface area contributed by atoms with E-state index >= 15 is 0 Å². The van der Waals surface area contributed by atoms with Gasteiger partial charge >= 0.3 is 0 Å². The highest BCUT2D eigenvalue weighted by Crippen LogP contribution is 2.43. The molecule has 0 bridgehead atoms. The minimum Gasteiger partial charge on any atom is -0.377 e. The van der Waals surface area contributed by atoms with Crippen molar-refractivity contribution in [3.8, 4) is 17.1 Å². The van der Waals surface area contributed by atoms with Gasteiger partial charge in [-0.15, -0.1) is 0 Å². The van der Waals surface area contributed by atoms with Crippen LogP contribution in [0.3, 0.4) is 0 Å². The van der Waals surface area contributed by atoms with E-state index in [1.54, 1.807) is 13.4 Å². The Morgan fingerprint density at radius 1 is 1.33 bits per heavy atom. The van der Waals surface area contributed by atoms with Gasteiger partial charge in [-0.05, 0) is 36.5 Å². The van der Waals surface area contributed by atoms with Crippen molar-refractivity contribution in [1.82, 2.24) is 24.3 Å². The minimum absolute atomic E-state index is 0.393. The van der Waals surface area contributed by atoms with Crippen LogP contribution in [0.2, 0.25) is 5.15 Å². The zero-order valence-corrected chi connectivity index (χ0v) is 14.0. The van der Waals surface area contributed by atoms with E-state index in [1.165, 1.54) is 18.4 Å². The van der Waals surface area contributed by atoms with Gasteiger partial charge in [0.1, 0.15) is 12.9 Å². The SMILES string of the molecule is COCc1nc2n(n1)Cc1c(Cl)ncn1-c1ccc(C3CC3)cc1-2. The normalized spacial score (nSPS) is 15.6. The van der Waals surface area contributed by atoms with Gasteiger partial charge < -0.3 is 4.74 Å². The summed E-state index contributed by atoms with van der Waals surface area (Å²) in [6.07, 6.45) is 4.31. The maximum atomic E-state index is 6.30. The van der Waals surface area contributed by atoms with E-state index in [0.717, 1.165) is 22.8 Å². The van der Waals surface area contributed by atoms with Crippen LogP contribution in [-0.4, -0.2) is 31.4 Å². The number of halogens is 1. The Bertz CT molecular complexity index is 941. The highest BCUT2D eigenvalue weighted by atomic mass is 35.5. The molecule has 6 nitrogen and oxygen atoms in total. The average molecular weight is 342 g/mol. The molecular weight excluding hydrogens is 326 g/mol. The van der Waals surface area contributed by atoms with Crippen LogP contribution in [0.15, 0.2) is 24.5 Å². The molecule has 1 fully saturated rings.